The van der Waals surface area contributed by atoms with Gasteiger partial charge < -0.3 is 46.0 Å². The summed E-state index contributed by atoms with van der Waals surface area (Å²) in [6, 6.07) is 5.76. The van der Waals surface area contributed by atoms with Crippen LogP contribution >= 0.6 is 0 Å². The summed E-state index contributed by atoms with van der Waals surface area (Å²) in [7, 11) is 0. The van der Waals surface area contributed by atoms with E-state index in [0.717, 1.165) is 0 Å². The maximum Gasteiger partial charge on any atom is 0.326 e. The van der Waals surface area contributed by atoms with Crippen molar-refractivity contribution in [3.63, 3.8) is 0 Å². The SMILES string of the molecule is O=C(O)C[C@H](NC(=O)[C@H](Cc1ccccc1)NCC1(O)OC[C@@H](O)[C@@H](O)[C@@H]1O)C(=O)O. The van der Waals surface area contributed by atoms with Crippen molar-refractivity contribution in [3.8, 4) is 0 Å². The van der Waals surface area contributed by atoms with Crippen LogP contribution in [0.15, 0.2) is 30.3 Å². The molecule has 1 aliphatic rings. The van der Waals surface area contributed by atoms with Crippen molar-refractivity contribution in [1.29, 1.82) is 0 Å². The number of hydrogen-bond donors (Lipinski definition) is 8. The molecule has 0 spiro atoms. The molecule has 1 aliphatic heterocycles. The van der Waals surface area contributed by atoms with Crippen LogP contribution in [0.1, 0.15) is 12.0 Å². The zero-order chi connectivity index (χ0) is 23.2. The summed E-state index contributed by atoms with van der Waals surface area (Å²) >= 11 is 0. The van der Waals surface area contributed by atoms with Gasteiger partial charge in [0.25, 0.3) is 0 Å². The Morgan fingerprint density at radius 2 is 1.74 bits per heavy atom. The lowest BCUT2D eigenvalue weighted by Gasteiger charge is -2.42. The summed E-state index contributed by atoms with van der Waals surface area (Å²) in [6.07, 6.45) is -5.79. The highest BCUT2D eigenvalue weighted by molar-refractivity contribution is 5.89. The van der Waals surface area contributed by atoms with Gasteiger partial charge >= 0.3 is 11.9 Å². The minimum atomic E-state index is -2.33. The number of benzene rings is 1. The molecule has 0 radical (unpaired) electrons. The van der Waals surface area contributed by atoms with E-state index >= 15 is 0 Å². The van der Waals surface area contributed by atoms with E-state index in [1.54, 1.807) is 30.3 Å². The second-order valence-electron chi connectivity index (χ2n) is 7.28. The molecule has 0 bridgehead atoms. The van der Waals surface area contributed by atoms with Crippen LogP contribution in [0.3, 0.4) is 0 Å². The summed E-state index contributed by atoms with van der Waals surface area (Å²) in [5.41, 5.74) is 0.674. The average molecular weight is 442 g/mol. The highest BCUT2D eigenvalue weighted by Crippen LogP contribution is 2.23. The Hall–Kier alpha value is -2.61. The van der Waals surface area contributed by atoms with Gasteiger partial charge in [0.2, 0.25) is 11.7 Å². The van der Waals surface area contributed by atoms with Crippen molar-refractivity contribution in [2.24, 2.45) is 0 Å². The van der Waals surface area contributed by atoms with Crippen molar-refractivity contribution >= 4 is 17.8 Å². The number of aliphatic hydroxyl groups excluding tert-OH is 3. The molecule has 12 heteroatoms. The average Bonchev–Trinajstić information content (AvgIpc) is 2.72. The number of aliphatic carboxylic acids is 2. The van der Waals surface area contributed by atoms with Gasteiger partial charge in [-0.2, -0.15) is 0 Å². The Morgan fingerprint density at radius 1 is 1.10 bits per heavy atom. The minimum Gasteiger partial charge on any atom is -0.481 e. The van der Waals surface area contributed by atoms with Crippen LogP contribution in [0, 0.1) is 0 Å². The second kappa shape index (κ2) is 10.6. The molecule has 12 nitrogen and oxygen atoms in total. The molecular formula is C19H26N2O10. The third-order valence-electron chi connectivity index (χ3n) is 4.88. The van der Waals surface area contributed by atoms with Gasteiger partial charge in [0.1, 0.15) is 24.4 Å². The molecule has 1 unspecified atom stereocenters. The van der Waals surface area contributed by atoms with Crippen molar-refractivity contribution in [1.82, 2.24) is 10.6 Å². The fourth-order valence-corrected chi connectivity index (χ4v) is 3.07. The van der Waals surface area contributed by atoms with Gasteiger partial charge in [0.05, 0.1) is 25.6 Å². The van der Waals surface area contributed by atoms with Crippen molar-refractivity contribution in [3.05, 3.63) is 35.9 Å². The zero-order valence-electron chi connectivity index (χ0n) is 16.4. The van der Waals surface area contributed by atoms with Gasteiger partial charge in [-0.05, 0) is 12.0 Å². The first-order chi connectivity index (χ1) is 14.5. The van der Waals surface area contributed by atoms with Gasteiger partial charge in [-0.1, -0.05) is 30.3 Å². The number of nitrogens with one attached hydrogen (secondary N) is 2. The molecule has 0 aliphatic carbocycles. The molecule has 1 fully saturated rings. The fourth-order valence-electron chi connectivity index (χ4n) is 3.07. The lowest BCUT2D eigenvalue weighted by Crippen LogP contribution is -2.65. The van der Waals surface area contributed by atoms with Gasteiger partial charge in [0.15, 0.2) is 0 Å². The predicted molar refractivity (Wildman–Crippen MR) is 103 cm³/mol. The van der Waals surface area contributed by atoms with Crippen molar-refractivity contribution < 1.29 is 49.8 Å². The number of ether oxygens (including phenoxy) is 1. The number of amides is 1. The number of carboxylic acids is 2. The zero-order valence-corrected chi connectivity index (χ0v) is 16.4. The van der Waals surface area contributed by atoms with Crippen LogP contribution in [0.2, 0.25) is 0 Å². The molecule has 2 rings (SSSR count). The van der Waals surface area contributed by atoms with Gasteiger partial charge in [-0.25, -0.2) is 4.79 Å². The van der Waals surface area contributed by atoms with E-state index in [0.29, 0.717) is 5.56 Å². The first kappa shape index (κ1) is 24.7. The largest absolute Gasteiger partial charge is 0.481 e. The normalized spacial score (nSPS) is 27.8. The summed E-state index contributed by atoms with van der Waals surface area (Å²) in [5, 5.41) is 62.7. The molecule has 1 aromatic carbocycles. The first-order valence-electron chi connectivity index (χ1n) is 9.46. The molecule has 1 amide bonds. The molecule has 1 heterocycles. The molecule has 0 aromatic heterocycles. The second-order valence-corrected chi connectivity index (χ2v) is 7.28. The van der Waals surface area contributed by atoms with E-state index < -0.39 is 73.6 Å². The number of carbonyl (C=O) groups is 3. The van der Waals surface area contributed by atoms with E-state index in [-0.39, 0.29) is 6.42 Å². The summed E-state index contributed by atoms with van der Waals surface area (Å²) < 4.78 is 5.04. The van der Waals surface area contributed by atoms with Gasteiger partial charge in [0, 0.05) is 0 Å². The third kappa shape index (κ3) is 6.69. The minimum absolute atomic E-state index is 0.0312. The molecule has 172 valence electrons. The van der Waals surface area contributed by atoms with Crippen molar-refractivity contribution in [2.75, 3.05) is 13.2 Å². The lowest BCUT2D eigenvalue weighted by molar-refractivity contribution is -0.318. The molecule has 0 saturated carbocycles. The highest BCUT2D eigenvalue weighted by Gasteiger charge is 2.48. The highest BCUT2D eigenvalue weighted by atomic mass is 16.6. The van der Waals surface area contributed by atoms with Crippen LogP contribution in [0.5, 0.6) is 0 Å². The summed E-state index contributed by atoms with van der Waals surface area (Å²) in [4.78, 5) is 34.9. The quantitative estimate of drug-likeness (QED) is 0.184. The number of hydrogen-bond acceptors (Lipinski definition) is 9. The maximum atomic E-state index is 12.7. The molecule has 1 aromatic rings. The Kier molecular flexibility index (Phi) is 8.44. The topological polar surface area (TPSA) is 206 Å². The van der Waals surface area contributed by atoms with Gasteiger partial charge in [-0.15, -0.1) is 0 Å². The lowest BCUT2D eigenvalue weighted by atomic mass is 9.96. The fraction of sp³-hybridized carbons (Fsp3) is 0.526. The Balaban J connectivity index is 2.15. The molecular weight excluding hydrogens is 416 g/mol. The van der Waals surface area contributed by atoms with Crippen LogP contribution in [0.4, 0.5) is 0 Å². The molecule has 31 heavy (non-hydrogen) atoms. The van der Waals surface area contributed by atoms with Crippen LogP contribution in [0.25, 0.3) is 0 Å². The Bertz CT molecular complexity index is 776. The summed E-state index contributed by atoms with van der Waals surface area (Å²) in [6.45, 7) is -1.02. The monoisotopic (exact) mass is 442 g/mol. The number of carboxylic acid groups (broad SMARTS) is 2. The van der Waals surface area contributed by atoms with Crippen molar-refractivity contribution in [2.45, 2.75) is 49.0 Å². The first-order valence-corrected chi connectivity index (χ1v) is 9.46. The predicted octanol–water partition coefficient (Wildman–Crippen LogP) is -2.97. The number of aliphatic hydroxyl groups is 4. The van der Waals surface area contributed by atoms with E-state index in [1.165, 1.54) is 0 Å². The maximum absolute atomic E-state index is 12.7. The van der Waals surface area contributed by atoms with Crippen LogP contribution < -0.4 is 10.6 Å². The van der Waals surface area contributed by atoms with Gasteiger partial charge in [-0.3, -0.25) is 9.59 Å². The van der Waals surface area contributed by atoms with E-state index in [2.05, 4.69) is 10.6 Å². The standard InChI is InChI=1S/C19H26N2O10/c22-13-8-31-19(30,16(26)15(13)25)9-20-11(6-10-4-2-1-3-5-10)17(27)21-12(18(28)29)7-14(23)24/h1-5,11-13,15-16,20,22,25-26,30H,6-9H2,(H,21,27)(H,23,24)(H,28,29)/t11-,12-,13+,15+,16-,19?/m0/s1. The Labute approximate surface area is 177 Å². The molecule has 8 N–H and O–H groups in total. The summed E-state index contributed by atoms with van der Waals surface area (Å²) in [5.74, 6) is -6.13. The molecule has 1 saturated heterocycles. The van der Waals surface area contributed by atoms with E-state index in [1.807, 2.05) is 0 Å². The number of carbonyl (C=O) groups excluding carboxylic acids is 1. The molecule has 6 atom stereocenters. The van der Waals surface area contributed by atoms with Crippen LogP contribution in [-0.4, -0.2) is 97.8 Å². The number of rotatable bonds is 10. The van der Waals surface area contributed by atoms with E-state index in [4.69, 9.17) is 14.9 Å². The smallest absolute Gasteiger partial charge is 0.326 e. The third-order valence-corrected chi connectivity index (χ3v) is 4.88. The van der Waals surface area contributed by atoms with E-state index in [9.17, 15) is 34.8 Å². The Morgan fingerprint density at radius 3 is 2.32 bits per heavy atom. The van der Waals surface area contributed by atoms with Crippen LogP contribution in [-0.2, 0) is 25.5 Å².